The third-order valence-electron chi connectivity index (χ3n) is 3.67. The summed E-state index contributed by atoms with van der Waals surface area (Å²) < 4.78 is 6.51. The summed E-state index contributed by atoms with van der Waals surface area (Å²) in [7, 11) is 1.53. The molecule has 0 saturated carbocycles. The van der Waals surface area contributed by atoms with E-state index in [2.05, 4.69) is 4.98 Å². The molecule has 0 radical (unpaired) electrons. The number of methoxy groups -OCH3 is 1. The molecule has 102 valence electrons. The van der Waals surface area contributed by atoms with E-state index < -0.39 is 0 Å². The largest absolute Gasteiger partial charge is 0.497 e. The van der Waals surface area contributed by atoms with Crippen LogP contribution in [0.25, 0.3) is 16.6 Å². The fourth-order valence-electron chi connectivity index (χ4n) is 2.65. The van der Waals surface area contributed by atoms with Gasteiger partial charge in [0.15, 0.2) is 5.82 Å². The Bertz CT molecular complexity index is 973. The molecule has 0 amide bonds. The highest BCUT2D eigenvalue weighted by atomic mass is 16.5. The minimum absolute atomic E-state index is 0.155. The van der Waals surface area contributed by atoms with Crippen molar-refractivity contribution in [3.8, 4) is 11.4 Å². The first kappa shape index (κ1) is 11.8. The maximum atomic E-state index is 12.6. The zero-order valence-electron chi connectivity index (χ0n) is 11.2. The van der Waals surface area contributed by atoms with Crippen LogP contribution in [0.2, 0.25) is 0 Å². The Morgan fingerprint density at radius 1 is 1.10 bits per heavy atom. The van der Waals surface area contributed by atoms with Crippen LogP contribution in [0, 0.1) is 0 Å². The molecule has 4 rings (SSSR count). The van der Waals surface area contributed by atoms with E-state index in [1.807, 2.05) is 0 Å². The van der Waals surface area contributed by atoms with Gasteiger partial charge in [-0.2, -0.15) is 0 Å². The molecule has 1 aromatic heterocycles. The van der Waals surface area contributed by atoms with Crippen LogP contribution in [0.5, 0.6) is 5.75 Å². The lowest BCUT2D eigenvalue weighted by Gasteiger charge is -2.05. The van der Waals surface area contributed by atoms with E-state index in [1.165, 1.54) is 11.7 Å². The van der Waals surface area contributed by atoms with E-state index in [9.17, 15) is 9.59 Å². The van der Waals surface area contributed by atoms with Gasteiger partial charge < -0.3 is 4.74 Å². The number of ether oxygens (including phenoxy) is 1. The van der Waals surface area contributed by atoms with Gasteiger partial charge in [0.25, 0.3) is 5.56 Å². The Kier molecular flexibility index (Phi) is 2.27. The number of aromatic nitrogens is 2. The predicted molar refractivity (Wildman–Crippen MR) is 77.3 cm³/mol. The summed E-state index contributed by atoms with van der Waals surface area (Å²) in [6, 6.07) is 12.1. The number of hydrogen-bond donors (Lipinski definition) is 0. The Labute approximate surface area is 119 Å². The quantitative estimate of drug-likeness (QED) is 0.534. The van der Waals surface area contributed by atoms with Crippen LogP contribution in [-0.2, 0) is 0 Å². The molecule has 0 spiro atoms. The third-order valence-corrected chi connectivity index (χ3v) is 3.67. The van der Waals surface area contributed by atoms with Crippen LogP contribution in [-0.4, -0.2) is 22.4 Å². The molecule has 21 heavy (non-hydrogen) atoms. The van der Waals surface area contributed by atoms with Crippen molar-refractivity contribution in [3.05, 3.63) is 64.2 Å². The second-order valence-corrected chi connectivity index (χ2v) is 4.81. The van der Waals surface area contributed by atoms with E-state index in [-0.39, 0.29) is 17.2 Å². The van der Waals surface area contributed by atoms with Crippen molar-refractivity contribution < 1.29 is 9.53 Å². The molecule has 0 saturated heterocycles. The van der Waals surface area contributed by atoms with Gasteiger partial charge in [0.2, 0.25) is 5.78 Å². The van der Waals surface area contributed by atoms with Crippen LogP contribution in [0.15, 0.2) is 47.3 Å². The molecule has 0 N–H and O–H groups in total. The Morgan fingerprint density at radius 3 is 2.71 bits per heavy atom. The lowest BCUT2D eigenvalue weighted by Crippen LogP contribution is -2.21. The molecule has 5 nitrogen and oxygen atoms in total. The van der Waals surface area contributed by atoms with Crippen molar-refractivity contribution in [2.75, 3.05) is 7.11 Å². The normalized spacial score (nSPS) is 12.3. The van der Waals surface area contributed by atoms with Gasteiger partial charge in [0, 0.05) is 0 Å². The number of carbonyl (C=O) groups excluding carboxylic acids is 1. The highest BCUT2D eigenvalue weighted by molar-refractivity contribution is 6.13. The average Bonchev–Trinajstić information content (AvgIpc) is 2.80. The summed E-state index contributed by atoms with van der Waals surface area (Å²) in [6.45, 7) is 0. The summed E-state index contributed by atoms with van der Waals surface area (Å²) in [5.41, 5.74) is 1.29. The fourth-order valence-corrected chi connectivity index (χ4v) is 2.65. The zero-order valence-corrected chi connectivity index (χ0v) is 11.2. The fraction of sp³-hybridized carbons (Fsp3) is 0.0625. The number of hydrogen-bond acceptors (Lipinski definition) is 4. The van der Waals surface area contributed by atoms with E-state index in [0.29, 0.717) is 27.9 Å². The Morgan fingerprint density at radius 2 is 1.90 bits per heavy atom. The molecular formula is C16H10N2O3. The van der Waals surface area contributed by atoms with E-state index in [1.54, 1.807) is 42.5 Å². The van der Waals surface area contributed by atoms with Crippen molar-refractivity contribution in [3.63, 3.8) is 0 Å². The van der Waals surface area contributed by atoms with Gasteiger partial charge >= 0.3 is 0 Å². The van der Waals surface area contributed by atoms with Gasteiger partial charge in [-0.3, -0.25) is 14.2 Å². The Hall–Kier alpha value is -2.95. The van der Waals surface area contributed by atoms with Crippen LogP contribution >= 0.6 is 0 Å². The topological polar surface area (TPSA) is 61.2 Å². The van der Waals surface area contributed by atoms with E-state index in [0.717, 1.165) is 0 Å². The number of fused-ring (bicyclic) bond motifs is 4. The average molecular weight is 278 g/mol. The van der Waals surface area contributed by atoms with E-state index >= 15 is 0 Å². The first-order valence-corrected chi connectivity index (χ1v) is 6.45. The number of ketones is 1. The van der Waals surface area contributed by atoms with Gasteiger partial charge in [0.1, 0.15) is 5.75 Å². The van der Waals surface area contributed by atoms with Gasteiger partial charge in [-0.1, -0.05) is 12.1 Å². The van der Waals surface area contributed by atoms with Gasteiger partial charge in [-0.15, -0.1) is 0 Å². The Balaban J connectivity index is 2.13. The summed E-state index contributed by atoms with van der Waals surface area (Å²) in [6.07, 6.45) is 0. The van der Waals surface area contributed by atoms with Crippen molar-refractivity contribution in [2.24, 2.45) is 0 Å². The van der Waals surface area contributed by atoms with E-state index in [4.69, 9.17) is 4.74 Å². The molecule has 0 unspecified atom stereocenters. The molecule has 0 fully saturated rings. The molecule has 1 aliphatic rings. The molecule has 1 aliphatic heterocycles. The maximum absolute atomic E-state index is 12.6. The molecule has 0 atom stereocenters. The maximum Gasteiger partial charge on any atom is 0.266 e. The smallest absolute Gasteiger partial charge is 0.266 e. The number of rotatable bonds is 1. The molecule has 3 aromatic rings. The van der Waals surface area contributed by atoms with Crippen molar-refractivity contribution in [2.45, 2.75) is 0 Å². The minimum atomic E-state index is -0.258. The molecule has 2 heterocycles. The highest BCUT2D eigenvalue weighted by Gasteiger charge is 2.30. The monoisotopic (exact) mass is 278 g/mol. The van der Waals surface area contributed by atoms with Gasteiger partial charge in [-0.25, -0.2) is 4.98 Å². The summed E-state index contributed by atoms with van der Waals surface area (Å²) in [5.74, 6) is 0.473. The minimum Gasteiger partial charge on any atom is -0.497 e. The lowest BCUT2D eigenvalue weighted by atomic mass is 10.1. The molecule has 0 aliphatic carbocycles. The zero-order chi connectivity index (χ0) is 14.6. The van der Waals surface area contributed by atoms with Crippen LogP contribution in [0.4, 0.5) is 0 Å². The third kappa shape index (κ3) is 1.48. The van der Waals surface area contributed by atoms with Gasteiger partial charge in [0.05, 0.1) is 29.3 Å². The standard InChI is InChI=1S/C16H10N2O3/c1-21-9-6-7-13-11(8-9)14(19)15-17-12-5-3-2-4-10(12)16(20)18(13)15/h2-8H,1H3. The molecular weight excluding hydrogens is 268 g/mol. The van der Waals surface area contributed by atoms with Crippen molar-refractivity contribution >= 4 is 16.7 Å². The molecule has 5 heteroatoms. The summed E-state index contributed by atoms with van der Waals surface area (Å²) >= 11 is 0. The SMILES string of the molecule is COc1ccc2c(c1)C(=O)c1nc3ccccc3c(=O)n1-2. The van der Waals surface area contributed by atoms with Crippen LogP contribution in [0.1, 0.15) is 16.2 Å². The summed E-state index contributed by atoms with van der Waals surface area (Å²) in [5, 5.41) is 0.498. The summed E-state index contributed by atoms with van der Waals surface area (Å²) in [4.78, 5) is 29.4. The number of benzene rings is 2. The first-order chi connectivity index (χ1) is 10.2. The van der Waals surface area contributed by atoms with Crippen LogP contribution in [0.3, 0.4) is 0 Å². The predicted octanol–water partition coefficient (Wildman–Crippen LogP) is 1.94. The molecule has 0 bridgehead atoms. The van der Waals surface area contributed by atoms with Crippen molar-refractivity contribution in [1.29, 1.82) is 0 Å². The highest BCUT2D eigenvalue weighted by Crippen LogP contribution is 2.29. The first-order valence-electron chi connectivity index (χ1n) is 6.45. The molecule has 2 aromatic carbocycles. The number of para-hydroxylation sites is 1. The number of carbonyl (C=O) groups is 1. The van der Waals surface area contributed by atoms with Gasteiger partial charge in [-0.05, 0) is 30.3 Å². The second-order valence-electron chi connectivity index (χ2n) is 4.81. The van der Waals surface area contributed by atoms with Crippen molar-refractivity contribution in [1.82, 2.24) is 9.55 Å². The second kappa shape index (κ2) is 4.02. The lowest BCUT2D eigenvalue weighted by molar-refractivity contribution is 0.103. The number of nitrogens with zero attached hydrogens (tertiary/aromatic N) is 2. The van der Waals surface area contributed by atoms with Crippen LogP contribution < -0.4 is 10.3 Å².